The highest BCUT2D eigenvalue weighted by Crippen LogP contribution is 2.53. The molecule has 0 aromatic heterocycles. The Bertz CT molecular complexity index is 1000. The van der Waals surface area contributed by atoms with Crippen LogP contribution in [0.3, 0.4) is 0 Å². The maximum atomic E-state index is 12.9. The Morgan fingerprint density at radius 2 is 1.54 bits per heavy atom. The number of carboxylic acid groups (broad SMARTS) is 1. The number of esters is 1. The average Bonchev–Trinajstić information content (AvgIpc) is 3.27. The molecule has 0 spiro atoms. The van der Waals surface area contributed by atoms with Gasteiger partial charge in [-0.05, 0) is 78.8 Å². The molecule has 0 aliphatic heterocycles. The number of thioether (sulfide) groups is 1. The van der Waals surface area contributed by atoms with Gasteiger partial charge in [0.1, 0.15) is 5.76 Å². The van der Waals surface area contributed by atoms with Gasteiger partial charge in [0.25, 0.3) is 0 Å². The molecule has 11 heteroatoms. The average molecular weight is 731 g/mol. The topological polar surface area (TPSA) is 82.1 Å². The van der Waals surface area contributed by atoms with Crippen LogP contribution in [0.5, 0.6) is 0 Å². The largest absolute Gasteiger partial charge is 0.481 e. The van der Waals surface area contributed by atoms with Crippen LogP contribution in [0.25, 0.3) is 0 Å². The first kappa shape index (κ1) is 43.6. The molecule has 0 aromatic rings. The second-order valence-electron chi connectivity index (χ2n) is 16.8. The number of ether oxygens (including phenoxy) is 1. The van der Waals surface area contributed by atoms with Crippen LogP contribution in [0.1, 0.15) is 126 Å². The van der Waals surface area contributed by atoms with Gasteiger partial charge in [-0.3, -0.25) is 9.59 Å². The summed E-state index contributed by atoms with van der Waals surface area (Å²) in [5.74, 6) is 1.02. The lowest BCUT2D eigenvalue weighted by Gasteiger charge is -2.37. The Kier molecular flexibility index (Phi) is 19.2. The third kappa shape index (κ3) is 17.3. The van der Waals surface area contributed by atoms with Gasteiger partial charge in [-0.2, -0.15) is 0 Å². The minimum atomic E-state index is -2.17. The smallest absolute Gasteiger partial charge is 0.310 e. The van der Waals surface area contributed by atoms with Crippen LogP contribution in [0.15, 0.2) is 22.8 Å². The summed E-state index contributed by atoms with van der Waals surface area (Å²) in [4.78, 5) is 25.1. The Balaban J connectivity index is 3.54. The lowest BCUT2D eigenvalue weighted by atomic mass is 10.1. The van der Waals surface area contributed by atoms with E-state index in [1.54, 1.807) is 0 Å². The second-order valence-corrected chi connectivity index (χ2v) is 33.0. The molecule has 1 N–H and O–H groups in total. The third-order valence-electron chi connectivity index (χ3n) is 8.61. The highest BCUT2D eigenvalue weighted by molar-refractivity contribution is 8.03. The van der Waals surface area contributed by atoms with Crippen LogP contribution in [0.4, 0.5) is 0 Å². The van der Waals surface area contributed by atoms with Gasteiger partial charge < -0.3 is 18.1 Å². The zero-order valence-corrected chi connectivity index (χ0v) is 37.3. The highest BCUT2D eigenvalue weighted by Gasteiger charge is 2.47. The fraction of sp³-hybridized carbons (Fsp3) is 0.829. The van der Waals surface area contributed by atoms with Crippen molar-refractivity contribution < 1.29 is 27.7 Å². The van der Waals surface area contributed by atoms with Gasteiger partial charge in [-0.25, -0.2) is 0 Å². The number of hydrogen-bond donors (Lipinski definition) is 1. The third-order valence-corrected chi connectivity index (χ3v) is 23.4. The molecule has 0 saturated heterocycles. The van der Waals surface area contributed by atoms with Gasteiger partial charge in [-0.1, -0.05) is 93.2 Å². The lowest BCUT2D eigenvalue weighted by Crippen LogP contribution is -2.41. The number of allylic oxidation sites excluding steroid dienone is 4. The van der Waals surface area contributed by atoms with Crippen LogP contribution in [-0.2, 0) is 22.6 Å². The van der Waals surface area contributed by atoms with Gasteiger partial charge in [-0.15, -0.1) is 11.8 Å². The predicted molar refractivity (Wildman–Crippen MR) is 209 cm³/mol. The Morgan fingerprint density at radius 3 is 2.11 bits per heavy atom. The molecule has 3 atom stereocenters. The van der Waals surface area contributed by atoms with Crippen molar-refractivity contribution in [2.24, 2.45) is 5.92 Å². The minimum absolute atomic E-state index is 0.142. The van der Waals surface area contributed by atoms with E-state index in [1.165, 1.54) is 24.2 Å². The van der Waals surface area contributed by atoms with Crippen molar-refractivity contribution in [1.29, 1.82) is 0 Å². The molecule has 1 rings (SSSR count). The molecule has 1 aliphatic rings. The summed E-state index contributed by atoms with van der Waals surface area (Å²) in [5, 5.41) is 9.53. The van der Waals surface area contributed by atoms with E-state index in [1.807, 2.05) is 18.7 Å². The normalized spacial score (nSPS) is 19.4. The monoisotopic (exact) mass is 730 g/mol. The number of rotatable bonds is 22. The number of aliphatic carboxylic acids is 1. The molecule has 268 valence electrons. The summed E-state index contributed by atoms with van der Waals surface area (Å²) in [5.41, 5.74) is 0.724. The van der Waals surface area contributed by atoms with E-state index >= 15 is 0 Å². The molecule has 46 heavy (non-hydrogen) atoms. The lowest BCUT2D eigenvalue weighted by molar-refractivity contribution is -0.140. The zero-order valence-electron chi connectivity index (χ0n) is 31.7. The van der Waals surface area contributed by atoms with Gasteiger partial charge in [0.15, 0.2) is 36.2 Å². The molecule has 0 heterocycles. The highest BCUT2D eigenvalue weighted by atomic mass is 32.2. The van der Waals surface area contributed by atoms with Crippen LogP contribution in [0.2, 0.25) is 47.3 Å². The first-order chi connectivity index (χ1) is 21.2. The second kappa shape index (κ2) is 20.3. The van der Waals surface area contributed by atoms with E-state index in [2.05, 4.69) is 86.8 Å². The standard InChI is InChI=1S/C35H70O6SSi4/c1-13-15-17-21-27(45(9,10)40-43-34(3,4)5)23-24-28-30(46(11,12)41-44-35(6,7)8)26-29(39-32(38)20-14-2)33(28)42-25-19-16-18-22-31(36)37/h23-24,27-28,30H,13-22,25-26,43-44H2,1-12H3,(H,36,37)/b24-23+/t27-,28-,30+/m0/s1. The summed E-state index contributed by atoms with van der Waals surface area (Å²) < 4.78 is 20.1. The van der Waals surface area contributed by atoms with Gasteiger partial charge in [0.2, 0.25) is 0 Å². The summed E-state index contributed by atoms with van der Waals surface area (Å²) in [6.07, 6.45) is 14.5. The van der Waals surface area contributed by atoms with Crippen molar-refractivity contribution in [3.63, 3.8) is 0 Å². The maximum Gasteiger partial charge on any atom is 0.310 e. The molecule has 6 nitrogen and oxygen atoms in total. The van der Waals surface area contributed by atoms with Crippen LogP contribution < -0.4 is 0 Å². The van der Waals surface area contributed by atoms with Crippen molar-refractivity contribution in [2.75, 3.05) is 5.75 Å². The first-order valence-electron chi connectivity index (χ1n) is 18.0. The van der Waals surface area contributed by atoms with Crippen molar-refractivity contribution in [3.8, 4) is 0 Å². The van der Waals surface area contributed by atoms with Gasteiger partial charge >= 0.3 is 11.9 Å². The SMILES string of the molecule is CCCCC[C@@H](/C=C/[C@@H]1C(SCCCCCC(=O)O)=C(OC(=O)CCC)C[C@H]1[Si](C)(C)O[SiH2]C(C)(C)C)[Si](C)(C)O[SiH2]C(C)(C)C. The number of carboxylic acids is 1. The Labute approximate surface area is 294 Å². The maximum absolute atomic E-state index is 12.9. The molecule has 0 fully saturated rings. The molecular formula is C35H70O6SSi4. The van der Waals surface area contributed by atoms with E-state index in [-0.39, 0.29) is 28.4 Å². The minimum Gasteiger partial charge on any atom is -0.481 e. The number of carbonyl (C=O) groups excluding carboxylic acids is 1. The number of carbonyl (C=O) groups is 2. The summed E-state index contributed by atoms with van der Waals surface area (Å²) in [6.45, 7) is 27.6. The van der Waals surface area contributed by atoms with Gasteiger partial charge in [0, 0.05) is 30.1 Å². The first-order valence-corrected chi connectivity index (χ1v) is 27.5. The van der Waals surface area contributed by atoms with Crippen molar-refractivity contribution in [2.45, 2.75) is 173 Å². The summed E-state index contributed by atoms with van der Waals surface area (Å²) in [6, 6.07) is 0. The Hall–Kier alpha value is -0.442. The van der Waals surface area contributed by atoms with E-state index < -0.39 is 42.1 Å². The predicted octanol–water partition coefficient (Wildman–Crippen LogP) is 9.86. The summed E-state index contributed by atoms with van der Waals surface area (Å²) >= 11 is 1.83. The molecule has 1 aliphatic carbocycles. The van der Waals surface area contributed by atoms with Crippen molar-refractivity contribution in [1.82, 2.24) is 0 Å². The zero-order chi connectivity index (χ0) is 35.2. The van der Waals surface area contributed by atoms with E-state index in [4.69, 9.17) is 18.1 Å². The quantitative estimate of drug-likeness (QED) is 0.0514. The van der Waals surface area contributed by atoms with Gasteiger partial charge in [0.05, 0.1) is 0 Å². The molecule has 0 amide bonds. The van der Waals surface area contributed by atoms with Crippen LogP contribution in [-0.4, -0.2) is 59.0 Å². The van der Waals surface area contributed by atoms with E-state index in [9.17, 15) is 9.59 Å². The van der Waals surface area contributed by atoms with E-state index in [0.29, 0.717) is 23.9 Å². The molecule has 0 aromatic carbocycles. The van der Waals surface area contributed by atoms with Crippen molar-refractivity contribution in [3.05, 3.63) is 22.8 Å². The Morgan fingerprint density at radius 1 is 0.913 bits per heavy atom. The number of unbranched alkanes of at least 4 members (excludes halogenated alkanes) is 4. The fourth-order valence-corrected chi connectivity index (χ4v) is 18.5. The molecular weight excluding hydrogens is 661 g/mol. The molecule has 0 saturated carbocycles. The fourth-order valence-electron chi connectivity index (χ4n) is 5.66. The van der Waals surface area contributed by atoms with Crippen molar-refractivity contribution >= 4 is 59.9 Å². The molecule has 0 unspecified atom stereocenters. The summed E-state index contributed by atoms with van der Waals surface area (Å²) in [7, 11) is -5.57. The number of hydrogen-bond acceptors (Lipinski definition) is 6. The van der Waals surface area contributed by atoms with Crippen LogP contribution in [0, 0.1) is 5.92 Å². The molecule has 0 radical (unpaired) electrons. The molecule has 0 bridgehead atoms. The van der Waals surface area contributed by atoms with Crippen LogP contribution >= 0.6 is 11.8 Å². The van der Waals surface area contributed by atoms with E-state index in [0.717, 1.165) is 43.6 Å².